The molecule has 8 heteroatoms. The zero-order valence-electron chi connectivity index (χ0n) is 7.40. The molecule has 0 atom stereocenters. The Labute approximate surface area is 84.0 Å². The zero-order valence-corrected chi connectivity index (χ0v) is 8.22. The molecule has 0 saturated carbocycles. The van der Waals surface area contributed by atoms with Gasteiger partial charge in [0.15, 0.2) is 5.17 Å². The molecule has 14 heavy (non-hydrogen) atoms. The standard InChI is InChI=1S/C6H9N5O2S/c1-3-10-11-6(13-3)9-4(12)2-14-5(7)8/h2H2,1H3,(H3,7,8)(H,9,11,12). The number of rotatable bonds is 3. The summed E-state index contributed by atoms with van der Waals surface area (Å²) in [6.45, 7) is 1.62. The van der Waals surface area contributed by atoms with Gasteiger partial charge < -0.3 is 10.2 Å². The summed E-state index contributed by atoms with van der Waals surface area (Å²) in [6.07, 6.45) is 0. The van der Waals surface area contributed by atoms with Crippen molar-refractivity contribution in [1.29, 1.82) is 5.41 Å². The minimum atomic E-state index is -0.339. The van der Waals surface area contributed by atoms with Gasteiger partial charge in [0.05, 0.1) is 5.75 Å². The van der Waals surface area contributed by atoms with Crippen LogP contribution in [0.3, 0.4) is 0 Å². The highest BCUT2D eigenvalue weighted by atomic mass is 32.2. The maximum Gasteiger partial charge on any atom is 0.322 e. The molecule has 0 bridgehead atoms. The lowest BCUT2D eigenvalue weighted by Crippen LogP contribution is -2.17. The van der Waals surface area contributed by atoms with Crippen molar-refractivity contribution in [2.45, 2.75) is 6.92 Å². The third-order valence-corrected chi connectivity index (χ3v) is 1.85. The van der Waals surface area contributed by atoms with Crippen molar-refractivity contribution in [1.82, 2.24) is 10.2 Å². The van der Waals surface area contributed by atoms with Crippen molar-refractivity contribution in [3.8, 4) is 0 Å². The van der Waals surface area contributed by atoms with Crippen molar-refractivity contribution in [3.63, 3.8) is 0 Å². The van der Waals surface area contributed by atoms with E-state index in [-0.39, 0.29) is 22.8 Å². The molecular formula is C6H9N5O2S. The highest BCUT2D eigenvalue weighted by Gasteiger charge is 2.07. The summed E-state index contributed by atoms with van der Waals surface area (Å²) in [7, 11) is 0. The lowest BCUT2D eigenvalue weighted by Gasteiger charge is -1.98. The van der Waals surface area contributed by atoms with E-state index in [4.69, 9.17) is 15.6 Å². The van der Waals surface area contributed by atoms with Crippen LogP contribution in [0.1, 0.15) is 5.89 Å². The van der Waals surface area contributed by atoms with Crippen LogP contribution in [0, 0.1) is 12.3 Å². The minimum Gasteiger partial charge on any atom is -0.408 e. The molecule has 1 heterocycles. The summed E-state index contributed by atoms with van der Waals surface area (Å²) in [4.78, 5) is 11.1. The number of carbonyl (C=O) groups excluding carboxylic acids is 1. The fraction of sp³-hybridized carbons (Fsp3) is 0.333. The second-order valence-electron chi connectivity index (χ2n) is 2.33. The first kappa shape index (κ1) is 10.5. The predicted octanol–water partition coefficient (Wildman–Crippen LogP) is -0.0568. The highest BCUT2D eigenvalue weighted by molar-refractivity contribution is 8.14. The number of nitrogens with two attached hydrogens (primary N) is 1. The summed E-state index contributed by atoms with van der Waals surface area (Å²) in [6, 6.07) is 0.0525. The Morgan fingerprint density at radius 2 is 2.43 bits per heavy atom. The number of hydrogen-bond donors (Lipinski definition) is 3. The Morgan fingerprint density at radius 1 is 1.71 bits per heavy atom. The third kappa shape index (κ3) is 3.44. The van der Waals surface area contributed by atoms with Crippen molar-refractivity contribution >= 4 is 28.9 Å². The third-order valence-electron chi connectivity index (χ3n) is 1.13. The van der Waals surface area contributed by atoms with Crippen molar-refractivity contribution < 1.29 is 9.21 Å². The Kier molecular flexibility index (Phi) is 3.46. The fourth-order valence-corrected chi connectivity index (χ4v) is 1.00. The number of thioether (sulfide) groups is 1. The summed E-state index contributed by atoms with van der Waals surface area (Å²) in [5, 5.41) is 16.2. The van der Waals surface area contributed by atoms with Gasteiger partial charge in [-0.25, -0.2) is 0 Å². The van der Waals surface area contributed by atoms with E-state index in [1.165, 1.54) is 0 Å². The van der Waals surface area contributed by atoms with Gasteiger partial charge in [0.1, 0.15) is 0 Å². The Morgan fingerprint density at radius 3 is 2.93 bits per heavy atom. The number of aromatic nitrogens is 2. The van der Waals surface area contributed by atoms with Gasteiger partial charge >= 0.3 is 6.01 Å². The van der Waals surface area contributed by atoms with Gasteiger partial charge in [0.2, 0.25) is 11.8 Å². The molecule has 0 aromatic carbocycles. The number of amides is 1. The monoisotopic (exact) mass is 215 g/mol. The van der Waals surface area contributed by atoms with E-state index in [1.54, 1.807) is 6.92 Å². The molecular weight excluding hydrogens is 206 g/mol. The average Bonchev–Trinajstić information content (AvgIpc) is 2.48. The summed E-state index contributed by atoms with van der Waals surface area (Å²) >= 11 is 0.925. The normalized spacial score (nSPS) is 9.79. The smallest absolute Gasteiger partial charge is 0.322 e. The van der Waals surface area contributed by atoms with Gasteiger partial charge in [-0.15, -0.1) is 5.10 Å². The van der Waals surface area contributed by atoms with Crippen molar-refractivity contribution in [2.24, 2.45) is 5.73 Å². The first-order valence-electron chi connectivity index (χ1n) is 3.64. The van der Waals surface area contributed by atoms with Crippen LogP contribution < -0.4 is 11.1 Å². The molecule has 0 saturated heterocycles. The van der Waals surface area contributed by atoms with Gasteiger partial charge in [0.25, 0.3) is 0 Å². The average molecular weight is 215 g/mol. The maximum atomic E-state index is 11.1. The number of aryl methyl sites for hydroxylation is 1. The van der Waals surface area contributed by atoms with Crippen LogP contribution >= 0.6 is 11.8 Å². The number of hydrogen-bond acceptors (Lipinski definition) is 6. The van der Waals surface area contributed by atoms with E-state index in [0.29, 0.717) is 5.89 Å². The van der Waals surface area contributed by atoms with E-state index < -0.39 is 0 Å². The van der Waals surface area contributed by atoms with Crippen LogP contribution in [0.4, 0.5) is 6.01 Å². The molecule has 0 aliphatic carbocycles. The largest absolute Gasteiger partial charge is 0.408 e. The molecule has 4 N–H and O–H groups in total. The lowest BCUT2D eigenvalue weighted by atomic mass is 10.7. The maximum absolute atomic E-state index is 11.1. The highest BCUT2D eigenvalue weighted by Crippen LogP contribution is 2.05. The van der Waals surface area contributed by atoms with E-state index in [1.807, 2.05) is 0 Å². The van der Waals surface area contributed by atoms with Crippen LogP contribution in [0.15, 0.2) is 4.42 Å². The Balaban J connectivity index is 2.37. The predicted molar refractivity (Wildman–Crippen MR) is 52.0 cm³/mol. The Hall–Kier alpha value is -1.57. The quantitative estimate of drug-likeness (QED) is 0.480. The lowest BCUT2D eigenvalue weighted by molar-refractivity contribution is -0.113. The summed E-state index contributed by atoms with van der Waals surface area (Å²) < 4.78 is 4.91. The molecule has 0 aliphatic heterocycles. The van der Waals surface area contributed by atoms with Gasteiger partial charge in [-0.1, -0.05) is 16.9 Å². The number of nitrogens with zero attached hydrogens (tertiary/aromatic N) is 2. The minimum absolute atomic E-state index is 0.0523. The molecule has 1 amide bonds. The second kappa shape index (κ2) is 4.61. The molecule has 0 spiro atoms. The van der Waals surface area contributed by atoms with Crippen LogP contribution in [0.5, 0.6) is 0 Å². The second-order valence-corrected chi connectivity index (χ2v) is 3.34. The molecule has 0 fully saturated rings. The SMILES string of the molecule is Cc1nnc(NC(=O)CSC(=N)N)o1. The van der Waals surface area contributed by atoms with Gasteiger partial charge in [-0.05, 0) is 0 Å². The van der Waals surface area contributed by atoms with E-state index in [0.717, 1.165) is 11.8 Å². The molecule has 0 unspecified atom stereocenters. The van der Waals surface area contributed by atoms with Crippen LogP contribution in [-0.4, -0.2) is 27.0 Å². The van der Waals surface area contributed by atoms with E-state index in [2.05, 4.69) is 15.5 Å². The van der Waals surface area contributed by atoms with Crippen LogP contribution in [0.25, 0.3) is 0 Å². The van der Waals surface area contributed by atoms with E-state index >= 15 is 0 Å². The molecule has 0 aliphatic rings. The molecule has 76 valence electrons. The number of amidine groups is 1. The molecule has 1 rings (SSSR count). The van der Waals surface area contributed by atoms with Gasteiger partial charge in [-0.2, -0.15) is 0 Å². The van der Waals surface area contributed by atoms with Crippen LogP contribution in [0.2, 0.25) is 0 Å². The van der Waals surface area contributed by atoms with Gasteiger partial charge in [-0.3, -0.25) is 15.5 Å². The fourth-order valence-electron chi connectivity index (χ4n) is 0.646. The topological polar surface area (TPSA) is 118 Å². The number of nitrogens with one attached hydrogen (secondary N) is 2. The molecule has 7 nitrogen and oxygen atoms in total. The molecule has 1 aromatic heterocycles. The summed E-state index contributed by atoms with van der Waals surface area (Å²) in [5.74, 6) is 0.0879. The Bertz CT molecular complexity index is 350. The van der Waals surface area contributed by atoms with Gasteiger partial charge in [0, 0.05) is 6.92 Å². The van der Waals surface area contributed by atoms with Crippen LogP contribution in [-0.2, 0) is 4.79 Å². The zero-order chi connectivity index (χ0) is 10.6. The van der Waals surface area contributed by atoms with Crippen molar-refractivity contribution in [3.05, 3.63) is 5.89 Å². The number of carbonyl (C=O) groups is 1. The first-order valence-corrected chi connectivity index (χ1v) is 4.63. The molecule has 1 aromatic rings. The molecule has 0 radical (unpaired) electrons. The van der Waals surface area contributed by atoms with Crippen molar-refractivity contribution in [2.75, 3.05) is 11.1 Å². The summed E-state index contributed by atoms with van der Waals surface area (Å²) in [5.41, 5.74) is 5.05. The van der Waals surface area contributed by atoms with E-state index in [9.17, 15) is 4.79 Å². The number of anilines is 1. The first-order chi connectivity index (χ1) is 6.58.